The maximum Gasteiger partial charge on any atom is 0.327 e. The number of ether oxygens (including phenoxy) is 1. The van der Waals surface area contributed by atoms with E-state index in [-0.39, 0.29) is 17.9 Å². The van der Waals surface area contributed by atoms with Crippen molar-refractivity contribution in [3.63, 3.8) is 0 Å². The lowest BCUT2D eigenvalue weighted by Gasteiger charge is -2.07. The van der Waals surface area contributed by atoms with Crippen LogP contribution in [0.2, 0.25) is 0 Å². The number of rotatable bonds is 5. The summed E-state index contributed by atoms with van der Waals surface area (Å²) in [7, 11) is 0. The number of hydrogen-bond acceptors (Lipinski definition) is 5. The number of carbonyl (C=O) groups is 2. The van der Waals surface area contributed by atoms with Crippen molar-refractivity contribution in [3.8, 4) is 0 Å². The van der Waals surface area contributed by atoms with E-state index in [1.165, 1.54) is 24.3 Å². The molecule has 0 aromatic heterocycles. The summed E-state index contributed by atoms with van der Waals surface area (Å²) >= 11 is 2.94. The van der Waals surface area contributed by atoms with Crippen LogP contribution in [-0.4, -0.2) is 28.1 Å². The molecule has 1 rings (SSSR count). The lowest BCUT2D eigenvalue weighted by atomic mass is 10.1. The summed E-state index contributed by atoms with van der Waals surface area (Å²) < 4.78 is 4.69. The second-order valence-corrected chi connectivity index (χ2v) is 4.20. The number of halogens is 1. The molecule has 0 spiro atoms. The lowest BCUT2D eigenvalue weighted by molar-refractivity contribution is -0.384. The molecule has 96 valence electrons. The number of alkyl halides is 1. The number of non-ortho nitro benzene ring substituents is 1. The van der Waals surface area contributed by atoms with Crippen LogP contribution < -0.4 is 0 Å². The number of nitro groups is 1. The van der Waals surface area contributed by atoms with E-state index >= 15 is 0 Å². The van der Waals surface area contributed by atoms with Crippen LogP contribution >= 0.6 is 15.9 Å². The van der Waals surface area contributed by atoms with E-state index in [9.17, 15) is 19.7 Å². The standard InChI is InChI=1S/C11H10BrNO5/c1-2-18-11(15)9(12)10(14)7-3-5-8(6-4-7)13(16)17/h3-6,9H,2H2,1H3. The summed E-state index contributed by atoms with van der Waals surface area (Å²) in [6.45, 7) is 1.81. The maximum absolute atomic E-state index is 11.8. The minimum Gasteiger partial charge on any atom is -0.465 e. The van der Waals surface area contributed by atoms with Crippen LogP contribution in [0.15, 0.2) is 24.3 Å². The summed E-state index contributed by atoms with van der Waals surface area (Å²) in [6, 6.07) is 5.01. The van der Waals surface area contributed by atoms with Gasteiger partial charge in [0.05, 0.1) is 11.5 Å². The summed E-state index contributed by atoms with van der Waals surface area (Å²) in [6.07, 6.45) is 0. The number of nitrogens with zero attached hydrogens (tertiary/aromatic N) is 1. The van der Waals surface area contributed by atoms with Crippen LogP contribution in [0.3, 0.4) is 0 Å². The van der Waals surface area contributed by atoms with Gasteiger partial charge in [-0.1, -0.05) is 15.9 Å². The van der Waals surface area contributed by atoms with Crippen LogP contribution in [0, 0.1) is 10.1 Å². The maximum atomic E-state index is 11.8. The molecule has 0 amide bonds. The molecule has 1 unspecified atom stereocenters. The predicted molar refractivity (Wildman–Crippen MR) is 66.8 cm³/mol. The van der Waals surface area contributed by atoms with E-state index in [4.69, 9.17) is 4.74 Å². The Morgan fingerprint density at radius 2 is 1.94 bits per heavy atom. The third-order valence-corrected chi connectivity index (χ3v) is 2.88. The number of esters is 1. The molecule has 0 aliphatic heterocycles. The first-order valence-corrected chi connectivity index (χ1v) is 5.98. The smallest absolute Gasteiger partial charge is 0.327 e. The van der Waals surface area contributed by atoms with Crippen molar-refractivity contribution in [1.29, 1.82) is 0 Å². The third kappa shape index (κ3) is 3.36. The summed E-state index contributed by atoms with van der Waals surface area (Å²) in [5.41, 5.74) is 0.0873. The summed E-state index contributed by atoms with van der Waals surface area (Å²) in [4.78, 5) is 31.9. The van der Waals surface area contributed by atoms with Gasteiger partial charge in [-0.3, -0.25) is 19.7 Å². The highest BCUT2D eigenvalue weighted by Crippen LogP contribution is 2.16. The topological polar surface area (TPSA) is 86.5 Å². The molecule has 0 saturated carbocycles. The zero-order chi connectivity index (χ0) is 13.7. The first kappa shape index (κ1) is 14.3. The van der Waals surface area contributed by atoms with Crippen molar-refractivity contribution in [1.82, 2.24) is 0 Å². The van der Waals surface area contributed by atoms with Crippen LogP contribution in [0.5, 0.6) is 0 Å². The predicted octanol–water partition coefficient (Wildman–Crippen LogP) is 2.10. The Labute approximate surface area is 111 Å². The molecular weight excluding hydrogens is 306 g/mol. The molecule has 0 saturated heterocycles. The van der Waals surface area contributed by atoms with E-state index < -0.39 is 21.5 Å². The van der Waals surface area contributed by atoms with Gasteiger partial charge in [0, 0.05) is 17.7 Å². The monoisotopic (exact) mass is 315 g/mol. The molecule has 0 N–H and O–H groups in total. The number of ketones is 1. The fraction of sp³-hybridized carbons (Fsp3) is 0.273. The van der Waals surface area contributed by atoms with Crippen molar-refractivity contribution in [2.24, 2.45) is 0 Å². The Balaban J connectivity index is 2.84. The van der Waals surface area contributed by atoms with Gasteiger partial charge in [-0.25, -0.2) is 0 Å². The van der Waals surface area contributed by atoms with E-state index in [1.807, 2.05) is 0 Å². The van der Waals surface area contributed by atoms with Crippen molar-refractivity contribution >= 4 is 33.4 Å². The Kier molecular flexibility index (Phi) is 4.96. The van der Waals surface area contributed by atoms with Gasteiger partial charge >= 0.3 is 5.97 Å². The average molecular weight is 316 g/mol. The molecule has 0 fully saturated rings. The van der Waals surface area contributed by atoms with Gasteiger partial charge in [0.15, 0.2) is 10.6 Å². The molecule has 1 aromatic rings. The van der Waals surface area contributed by atoms with Crippen molar-refractivity contribution in [3.05, 3.63) is 39.9 Å². The molecule has 0 aliphatic carbocycles. The van der Waals surface area contributed by atoms with E-state index in [0.717, 1.165) is 0 Å². The van der Waals surface area contributed by atoms with Crippen LogP contribution in [-0.2, 0) is 9.53 Å². The second-order valence-electron chi connectivity index (χ2n) is 3.28. The van der Waals surface area contributed by atoms with E-state index in [2.05, 4.69) is 15.9 Å². The van der Waals surface area contributed by atoms with Crippen LogP contribution in [0.4, 0.5) is 5.69 Å². The van der Waals surface area contributed by atoms with E-state index in [1.54, 1.807) is 6.92 Å². The molecule has 1 atom stereocenters. The zero-order valence-electron chi connectivity index (χ0n) is 9.46. The molecule has 0 aliphatic rings. The number of benzene rings is 1. The highest BCUT2D eigenvalue weighted by Gasteiger charge is 2.26. The Morgan fingerprint density at radius 3 is 2.39 bits per heavy atom. The fourth-order valence-corrected chi connectivity index (χ4v) is 1.61. The van der Waals surface area contributed by atoms with Crippen molar-refractivity contribution in [2.45, 2.75) is 11.8 Å². The van der Waals surface area contributed by atoms with Gasteiger partial charge in [-0.05, 0) is 19.1 Å². The highest BCUT2D eigenvalue weighted by atomic mass is 79.9. The van der Waals surface area contributed by atoms with E-state index in [0.29, 0.717) is 0 Å². The minimum absolute atomic E-state index is 0.117. The van der Waals surface area contributed by atoms with Crippen molar-refractivity contribution in [2.75, 3.05) is 6.61 Å². The molecule has 0 heterocycles. The lowest BCUT2D eigenvalue weighted by Crippen LogP contribution is -2.26. The Morgan fingerprint density at radius 1 is 1.39 bits per heavy atom. The first-order chi connectivity index (χ1) is 8.47. The molecule has 0 bridgehead atoms. The van der Waals surface area contributed by atoms with Crippen molar-refractivity contribution < 1.29 is 19.2 Å². The second kappa shape index (κ2) is 6.25. The Hall–Kier alpha value is -1.76. The SMILES string of the molecule is CCOC(=O)C(Br)C(=O)c1ccc([N+](=O)[O-])cc1. The average Bonchev–Trinajstić information content (AvgIpc) is 2.37. The van der Waals surface area contributed by atoms with Crippen LogP contribution in [0.1, 0.15) is 17.3 Å². The molecule has 18 heavy (non-hydrogen) atoms. The zero-order valence-corrected chi connectivity index (χ0v) is 11.0. The first-order valence-electron chi connectivity index (χ1n) is 5.06. The molecule has 0 radical (unpaired) electrons. The molecule has 6 nitrogen and oxygen atoms in total. The summed E-state index contributed by atoms with van der Waals surface area (Å²) in [5.74, 6) is -1.18. The largest absolute Gasteiger partial charge is 0.465 e. The third-order valence-electron chi connectivity index (χ3n) is 2.09. The highest BCUT2D eigenvalue weighted by molar-refractivity contribution is 9.10. The molecule has 1 aromatic carbocycles. The number of nitro benzene ring substituents is 1. The quantitative estimate of drug-likeness (QED) is 0.207. The number of carbonyl (C=O) groups excluding carboxylic acids is 2. The van der Waals surface area contributed by atoms with Gasteiger partial charge in [0.25, 0.3) is 5.69 Å². The Bertz CT molecular complexity index is 471. The number of hydrogen-bond donors (Lipinski definition) is 0. The minimum atomic E-state index is -1.10. The normalized spacial score (nSPS) is 11.7. The number of Topliss-reactive ketones (excluding diaryl/α,β-unsaturated/α-hetero) is 1. The van der Waals surface area contributed by atoms with Crippen LogP contribution in [0.25, 0.3) is 0 Å². The molecular formula is C11H10BrNO5. The van der Waals surface area contributed by atoms with Gasteiger partial charge in [0.2, 0.25) is 0 Å². The van der Waals surface area contributed by atoms with Gasteiger partial charge in [-0.2, -0.15) is 0 Å². The fourth-order valence-electron chi connectivity index (χ4n) is 1.22. The van der Waals surface area contributed by atoms with Gasteiger partial charge in [-0.15, -0.1) is 0 Å². The summed E-state index contributed by atoms with van der Waals surface area (Å²) in [5, 5.41) is 10.4. The molecule has 7 heteroatoms. The van der Waals surface area contributed by atoms with Gasteiger partial charge < -0.3 is 4.74 Å². The van der Waals surface area contributed by atoms with Gasteiger partial charge in [0.1, 0.15) is 0 Å².